The molecule has 0 radical (unpaired) electrons. The molecule has 3 heteroatoms. The van der Waals surface area contributed by atoms with Crippen molar-refractivity contribution >= 4 is 5.78 Å². The van der Waals surface area contributed by atoms with Gasteiger partial charge in [0.15, 0.2) is 0 Å². The van der Waals surface area contributed by atoms with Crippen molar-refractivity contribution in [2.45, 2.75) is 37.9 Å². The fourth-order valence-electron chi connectivity index (χ4n) is 2.39. The molecule has 1 aliphatic rings. The van der Waals surface area contributed by atoms with Crippen LogP contribution in [0.3, 0.4) is 0 Å². The van der Waals surface area contributed by atoms with Crippen molar-refractivity contribution in [1.29, 1.82) is 0 Å². The van der Waals surface area contributed by atoms with Gasteiger partial charge in [-0.25, -0.2) is 0 Å². The van der Waals surface area contributed by atoms with E-state index in [0.29, 0.717) is 12.8 Å². The Hall–Kier alpha value is -1.45. The molecule has 0 aromatic heterocycles. The predicted molar refractivity (Wildman–Crippen MR) is 73.6 cm³/mol. The van der Waals surface area contributed by atoms with Crippen LogP contribution in [0.15, 0.2) is 42.5 Å². The first-order chi connectivity index (χ1) is 9.15. The Morgan fingerprint density at radius 2 is 2.00 bits per heavy atom. The number of hydrogen-bond acceptors (Lipinski definition) is 3. The number of carbonyl (C=O) groups is 1. The summed E-state index contributed by atoms with van der Waals surface area (Å²) in [4.78, 5) is 11.2. The zero-order valence-corrected chi connectivity index (χ0v) is 10.9. The largest absolute Gasteiger partial charge is 0.392 e. The standard InChI is InChI=1S/C16H20O3/c17-14(8-6-12-4-2-1-3-5-12)9-7-13-10-15(18)11-16(13)19/h1-5,7,9,13-14,16-17,19H,6,8,10-11H2/b9-7+/t13-,14-,16+/m1/s1. The highest BCUT2D eigenvalue weighted by Crippen LogP contribution is 2.24. The lowest BCUT2D eigenvalue weighted by atomic mass is 10.0. The molecule has 0 heterocycles. The number of aliphatic hydroxyl groups excluding tert-OH is 2. The van der Waals surface area contributed by atoms with Crippen LogP contribution in [-0.2, 0) is 11.2 Å². The fourth-order valence-corrected chi connectivity index (χ4v) is 2.39. The lowest BCUT2D eigenvalue weighted by molar-refractivity contribution is -0.117. The van der Waals surface area contributed by atoms with Crippen molar-refractivity contribution in [3.8, 4) is 0 Å². The molecule has 1 aromatic carbocycles. The maximum Gasteiger partial charge on any atom is 0.136 e. The minimum atomic E-state index is -0.579. The molecule has 0 saturated heterocycles. The van der Waals surface area contributed by atoms with E-state index in [-0.39, 0.29) is 18.1 Å². The maximum absolute atomic E-state index is 11.2. The van der Waals surface area contributed by atoms with Gasteiger partial charge in [0.25, 0.3) is 0 Å². The highest BCUT2D eigenvalue weighted by atomic mass is 16.3. The van der Waals surface area contributed by atoms with E-state index < -0.39 is 12.2 Å². The smallest absolute Gasteiger partial charge is 0.136 e. The first-order valence-electron chi connectivity index (χ1n) is 6.75. The van der Waals surface area contributed by atoms with Gasteiger partial charge in [-0.1, -0.05) is 42.5 Å². The molecule has 0 unspecified atom stereocenters. The first kappa shape index (κ1) is 14.0. The average molecular weight is 260 g/mol. The monoisotopic (exact) mass is 260 g/mol. The van der Waals surface area contributed by atoms with Crippen molar-refractivity contribution in [3.05, 3.63) is 48.0 Å². The molecule has 0 amide bonds. The molecule has 2 N–H and O–H groups in total. The van der Waals surface area contributed by atoms with E-state index in [4.69, 9.17) is 0 Å². The second-order valence-electron chi connectivity index (χ2n) is 5.15. The Morgan fingerprint density at radius 1 is 1.26 bits per heavy atom. The van der Waals surface area contributed by atoms with Crippen LogP contribution >= 0.6 is 0 Å². The fraction of sp³-hybridized carbons (Fsp3) is 0.438. The van der Waals surface area contributed by atoms with Crippen LogP contribution in [0.5, 0.6) is 0 Å². The molecule has 3 nitrogen and oxygen atoms in total. The summed E-state index contributed by atoms with van der Waals surface area (Å²) in [7, 11) is 0. The number of aryl methyl sites for hydroxylation is 1. The number of benzene rings is 1. The van der Waals surface area contributed by atoms with Gasteiger partial charge in [0.05, 0.1) is 12.2 Å². The Kier molecular flexibility index (Phi) is 4.88. The second-order valence-corrected chi connectivity index (χ2v) is 5.15. The van der Waals surface area contributed by atoms with Crippen LogP contribution < -0.4 is 0 Å². The van der Waals surface area contributed by atoms with Gasteiger partial charge < -0.3 is 10.2 Å². The molecule has 1 fully saturated rings. The van der Waals surface area contributed by atoms with Crippen LogP contribution in [0, 0.1) is 5.92 Å². The molecule has 1 saturated carbocycles. The van der Waals surface area contributed by atoms with Crippen molar-refractivity contribution in [1.82, 2.24) is 0 Å². The minimum Gasteiger partial charge on any atom is -0.392 e. The third-order valence-electron chi connectivity index (χ3n) is 3.55. The number of ketones is 1. The summed E-state index contributed by atoms with van der Waals surface area (Å²) in [5, 5.41) is 19.5. The Labute approximate surface area is 113 Å². The average Bonchev–Trinajstić information content (AvgIpc) is 2.73. The third kappa shape index (κ3) is 4.30. The summed E-state index contributed by atoms with van der Waals surface area (Å²) in [6.07, 6.45) is 4.49. The van der Waals surface area contributed by atoms with E-state index in [1.807, 2.05) is 30.3 Å². The number of hydrogen-bond donors (Lipinski definition) is 2. The quantitative estimate of drug-likeness (QED) is 0.795. The Balaban J connectivity index is 1.78. The van der Waals surface area contributed by atoms with Gasteiger partial charge in [0.2, 0.25) is 0 Å². The molecule has 2 rings (SSSR count). The maximum atomic E-state index is 11.2. The van der Waals surface area contributed by atoms with Gasteiger partial charge >= 0.3 is 0 Å². The normalized spacial score (nSPS) is 25.1. The Morgan fingerprint density at radius 3 is 2.63 bits per heavy atom. The highest BCUT2D eigenvalue weighted by Gasteiger charge is 2.29. The third-order valence-corrected chi connectivity index (χ3v) is 3.55. The summed E-state index contributed by atoms with van der Waals surface area (Å²) in [5.41, 5.74) is 1.20. The van der Waals surface area contributed by atoms with Gasteiger partial charge in [0, 0.05) is 18.8 Å². The van der Waals surface area contributed by atoms with Crippen LogP contribution in [0.1, 0.15) is 24.8 Å². The van der Waals surface area contributed by atoms with E-state index in [1.165, 1.54) is 5.56 Å². The topological polar surface area (TPSA) is 57.5 Å². The van der Waals surface area contributed by atoms with Gasteiger partial charge in [-0.3, -0.25) is 4.79 Å². The summed E-state index contributed by atoms with van der Waals surface area (Å²) in [6.45, 7) is 0. The molecule has 1 aliphatic carbocycles. The van der Waals surface area contributed by atoms with Gasteiger partial charge in [-0.15, -0.1) is 0 Å². The highest BCUT2D eigenvalue weighted by molar-refractivity contribution is 5.81. The van der Waals surface area contributed by atoms with Crippen molar-refractivity contribution in [2.24, 2.45) is 5.92 Å². The van der Waals surface area contributed by atoms with Crippen LogP contribution in [0.25, 0.3) is 0 Å². The summed E-state index contributed by atoms with van der Waals surface area (Å²) >= 11 is 0. The van der Waals surface area contributed by atoms with Gasteiger partial charge in [-0.2, -0.15) is 0 Å². The van der Waals surface area contributed by atoms with Gasteiger partial charge in [0.1, 0.15) is 5.78 Å². The van der Waals surface area contributed by atoms with Gasteiger partial charge in [-0.05, 0) is 18.4 Å². The molecule has 19 heavy (non-hydrogen) atoms. The van der Waals surface area contributed by atoms with E-state index >= 15 is 0 Å². The van der Waals surface area contributed by atoms with Crippen molar-refractivity contribution in [2.75, 3.05) is 0 Å². The SMILES string of the molecule is O=C1C[C@@H](/C=C/[C@H](O)CCc2ccccc2)[C@@H](O)C1. The minimum absolute atomic E-state index is 0.0981. The Bertz CT molecular complexity index is 439. The zero-order chi connectivity index (χ0) is 13.7. The van der Waals surface area contributed by atoms with Crippen molar-refractivity contribution in [3.63, 3.8) is 0 Å². The molecule has 0 spiro atoms. The summed E-state index contributed by atoms with van der Waals surface area (Å²) in [5.74, 6) is -0.0280. The summed E-state index contributed by atoms with van der Waals surface area (Å²) in [6, 6.07) is 10.0. The lowest BCUT2D eigenvalue weighted by Gasteiger charge is -2.10. The van der Waals surface area contributed by atoms with Crippen LogP contribution in [0.2, 0.25) is 0 Å². The van der Waals surface area contributed by atoms with E-state index in [0.717, 1.165) is 6.42 Å². The molecule has 0 bridgehead atoms. The van der Waals surface area contributed by atoms with E-state index in [9.17, 15) is 15.0 Å². The molecule has 3 atom stereocenters. The van der Waals surface area contributed by atoms with Crippen LogP contribution in [0.4, 0.5) is 0 Å². The molecule has 102 valence electrons. The van der Waals surface area contributed by atoms with E-state index in [1.54, 1.807) is 12.2 Å². The molecular weight excluding hydrogens is 240 g/mol. The number of aliphatic hydroxyl groups is 2. The van der Waals surface area contributed by atoms with Crippen LogP contribution in [-0.4, -0.2) is 28.2 Å². The zero-order valence-electron chi connectivity index (χ0n) is 10.9. The number of rotatable bonds is 5. The lowest BCUT2D eigenvalue weighted by Crippen LogP contribution is -2.12. The van der Waals surface area contributed by atoms with Crippen molar-refractivity contribution < 1.29 is 15.0 Å². The first-order valence-corrected chi connectivity index (χ1v) is 6.75. The molecular formula is C16H20O3. The molecule has 0 aliphatic heterocycles. The van der Waals surface area contributed by atoms with E-state index in [2.05, 4.69) is 0 Å². The number of carbonyl (C=O) groups excluding carboxylic acids is 1. The summed E-state index contributed by atoms with van der Waals surface area (Å²) < 4.78 is 0. The second kappa shape index (κ2) is 6.64. The number of Topliss-reactive ketones (excluding diaryl/α,β-unsaturated/α-hetero) is 1. The molecule has 1 aromatic rings. The predicted octanol–water partition coefficient (Wildman–Crippen LogP) is 1.88.